The van der Waals surface area contributed by atoms with Crippen molar-refractivity contribution in [2.24, 2.45) is 0 Å². The molecule has 0 amide bonds. The summed E-state index contributed by atoms with van der Waals surface area (Å²) in [5, 5.41) is 0. The number of rotatable bonds is 1. The van der Waals surface area contributed by atoms with Gasteiger partial charge >= 0.3 is 19.5 Å². The average Bonchev–Trinajstić information content (AvgIpc) is 1.37. The molecule has 3 heteroatoms. The zero-order valence-electron chi connectivity index (χ0n) is 2.77. The van der Waals surface area contributed by atoms with Gasteiger partial charge in [-0.2, -0.15) is 13.1 Å². The van der Waals surface area contributed by atoms with E-state index < -0.39 is 0 Å². The minimum atomic E-state index is 0. The molecule has 0 radical (unpaired) electrons. The predicted octanol–water partition coefficient (Wildman–Crippen LogP) is 1.09. The van der Waals surface area contributed by atoms with Crippen molar-refractivity contribution in [3.63, 3.8) is 0 Å². The Labute approximate surface area is 44.7 Å². The first-order chi connectivity index (χ1) is 1.91. The molecular weight excluding hydrogens is 153 g/mol. The third-order valence-corrected chi connectivity index (χ3v) is 0.125. The van der Waals surface area contributed by atoms with Crippen molar-refractivity contribution in [2.75, 3.05) is 13.1 Å². The fraction of sp³-hybridized carbons (Fsp3) is 1.00. The number of hydrogen-bond acceptors (Lipinski definition) is 0. The fourth-order valence-corrected chi connectivity index (χ4v) is 0. The summed E-state index contributed by atoms with van der Waals surface area (Å²) in [5.41, 5.74) is 12.5. The quantitative estimate of drug-likeness (QED) is 0.514. The van der Waals surface area contributed by atoms with Gasteiger partial charge in [-0.15, -0.1) is 0 Å². The largest absolute Gasteiger partial charge is 2.00 e. The molecule has 0 fully saturated rings. The van der Waals surface area contributed by atoms with Crippen LogP contribution < -0.4 is 0 Å². The van der Waals surface area contributed by atoms with Gasteiger partial charge in [-0.25, -0.2) is 0 Å². The Bertz CT molecular complexity index is 9.61. The van der Waals surface area contributed by atoms with Gasteiger partial charge in [-0.1, -0.05) is 0 Å². The maximum Gasteiger partial charge on any atom is 2.00 e. The predicted molar refractivity (Wildman–Crippen MR) is 18.4 cm³/mol. The van der Waals surface area contributed by atoms with Crippen LogP contribution in [0.2, 0.25) is 0 Å². The minimum Gasteiger partial charge on any atom is -0.679 e. The van der Waals surface area contributed by atoms with Crippen LogP contribution in [0.3, 0.4) is 0 Å². The molecule has 0 aliphatic heterocycles. The second-order valence-electron chi connectivity index (χ2n) is 0.500. The standard InChI is InChI=1S/C2H6N2.Ru/c3-1-2-4;/h3-4H,1-2H2;/q-2;+2. The first-order valence-electron chi connectivity index (χ1n) is 1.21. The maximum atomic E-state index is 6.26. The summed E-state index contributed by atoms with van der Waals surface area (Å²) >= 11 is 0. The Morgan fingerprint density at radius 3 is 1.20 bits per heavy atom. The molecule has 0 heterocycles. The Balaban J connectivity index is 0. The second-order valence-corrected chi connectivity index (χ2v) is 0.500. The van der Waals surface area contributed by atoms with Crippen molar-refractivity contribution >= 4 is 0 Å². The molecule has 0 saturated carbocycles. The van der Waals surface area contributed by atoms with Gasteiger partial charge in [0, 0.05) is 0 Å². The van der Waals surface area contributed by atoms with E-state index >= 15 is 0 Å². The van der Waals surface area contributed by atoms with Crippen molar-refractivity contribution < 1.29 is 19.5 Å². The van der Waals surface area contributed by atoms with E-state index in [9.17, 15) is 0 Å². The molecule has 0 rings (SSSR count). The van der Waals surface area contributed by atoms with Crippen LogP contribution in [0.25, 0.3) is 11.5 Å². The van der Waals surface area contributed by atoms with Crippen LogP contribution in [-0.4, -0.2) is 13.1 Å². The van der Waals surface area contributed by atoms with Crippen LogP contribution in [0.5, 0.6) is 0 Å². The van der Waals surface area contributed by atoms with E-state index in [0.717, 1.165) is 0 Å². The summed E-state index contributed by atoms with van der Waals surface area (Å²) in [5.74, 6) is 0. The van der Waals surface area contributed by atoms with Gasteiger partial charge in [0.1, 0.15) is 0 Å². The van der Waals surface area contributed by atoms with E-state index in [1.807, 2.05) is 0 Å². The van der Waals surface area contributed by atoms with E-state index in [4.69, 9.17) is 11.5 Å². The first kappa shape index (κ1) is 9.11. The molecule has 2 N–H and O–H groups in total. The maximum absolute atomic E-state index is 6.26. The molecule has 2 nitrogen and oxygen atoms in total. The third-order valence-electron chi connectivity index (χ3n) is 0.125. The molecule has 0 aromatic rings. The van der Waals surface area contributed by atoms with Gasteiger partial charge in [-0.3, -0.25) is 0 Å². The van der Waals surface area contributed by atoms with E-state index in [1.54, 1.807) is 0 Å². The minimum absolute atomic E-state index is 0. The van der Waals surface area contributed by atoms with Crippen LogP contribution >= 0.6 is 0 Å². The molecule has 0 bridgehead atoms. The first-order valence-corrected chi connectivity index (χ1v) is 1.21. The molecule has 0 aliphatic rings. The summed E-state index contributed by atoms with van der Waals surface area (Å²) < 4.78 is 0. The van der Waals surface area contributed by atoms with Crippen LogP contribution in [0.1, 0.15) is 0 Å². The molecule has 0 aliphatic carbocycles. The van der Waals surface area contributed by atoms with Gasteiger partial charge < -0.3 is 11.5 Å². The van der Waals surface area contributed by atoms with Gasteiger partial charge in [-0.05, 0) is 0 Å². The van der Waals surface area contributed by atoms with Crippen molar-refractivity contribution in [1.82, 2.24) is 0 Å². The smallest absolute Gasteiger partial charge is 0.679 e. The molecular formula is C2H6N2Ru. The van der Waals surface area contributed by atoms with E-state index in [2.05, 4.69) is 0 Å². The Morgan fingerprint density at radius 1 is 1.00 bits per heavy atom. The molecule has 0 aromatic heterocycles. The average molecular weight is 159 g/mol. The molecule has 0 spiro atoms. The molecule has 0 aromatic carbocycles. The summed E-state index contributed by atoms with van der Waals surface area (Å²) in [6.07, 6.45) is 0. The van der Waals surface area contributed by atoms with Gasteiger partial charge in [0.2, 0.25) is 0 Å². The van der Waals surface area contributed by atoms with E-state index in [0.29, 0.717) is 0 Å². The van der Waals surface area contributed by atoms with Crippen molar-refractivity contribution in [2.45, 2.75) is 0 Å². The van der Waals surface area contributed by atoms with Gasteiger partial charge in [0.25, 0.3) is 0 Å². The zero-order valence-corrected chi connectivity index (χ0v) is 4.51. The number of hydrogen-bond donors (Lipinski definition) is 0. The summed E-state index contributed by atoms with van der Waals surface area (Å²) in [4.78, 5) is 0. The van der Waals surface area contributed by atoms with Gasteiger partial charge in [0.05, 0.1) is 0 Å². The molecule has 32 valence electrons. The topological polar surface area (TPSA) is 47.6 Å². The molecule has 5 heavy (non-hydrogen) atoms. The van der Waals surface area contributed by atoms with Crippen molar-refractivity contribution in [1.29, 1.82) is 0 Å². The molecule has 0 atom stereocenters. The van der Waals surface area contributed by atoms with E-state index in [1.165, 1.54) is 0 Å². The molecule has 0 saturated heterocycles. The fourth-order valence-electron chi connectivity index (χ4n) is 0. The third kappa shape index (κ3) is 12.3. The summed E-state index contributed by atoms with van der Waals surface area (Å²) in [6.45, 7) is 0.472. The summed E-state index contributed by atoms with van der Waals surface area (Å²) in [7, 11) is 0. The zero-order chi connectivity index (χ0) is 3.41. The monoisotopic (exact) mass is 160 g/mol. The normalized spacial score (nSPS) is 6.00. The van der Waals surface area contributed by atoms with Crippen LogP contribution in [0, 0.1) is 0 Å². The van der Waals surface area contributed by atoms with E-state index in [-0.39, 0.29) is 32.6 Å². The van der Waals surface area contributed by atoms with Crippen molar-refractivity contribution in [3.8, 4) is 0 Å². The van der Waals surface area contributed by atoms with Crippen LogP contribution in [0.15, 0.2) is 0 Å². The number of nitrogens with one attached hydrogen (secondary N) is 2. The second kappa shape index (κ2) is 8.82. The molecule has 0 unspecified atom stereocenters. The Kier molecular flexibility index (Phi) is 16.1. The van der Waals surface area contributed by atoms with Crippen molar-refractivity contribution in [3.05, 3.63) is 11.5 Å². The van der Waals surface area contributed by atoms with Crippen LogP contribution in [0.4, 0.5) is 0 Å². The Hall–Kier alpha value is 0.543. The summed E-state index contributed by atoms with van der Waals surface area (Å²) in [6, 6.07) is 0. The Morgan fingerprint density at radius 2 is 1.20 bits per heavy atom. The van der Waals surface area contributed by atoms with Gasteiger partial charge in [0.15, 0.2) is 0 Å². The van der Waals surface area contributed by atoms with Crippen LogP contribution in [-0.2, 0) is 19.5 Å². The SMILES string of the molecule is [NH-]CC[NH-].[Ru+2].